The van der Waals surface area contributed by atoms with Gasteiger partial charge >= 0.3 is 0 Å². The molecular formula is C14H19FO4S. The molecule has 0 aliphatic carbocycles. The van der Waals surface area contributed by atoms with Gasteiger partial charge in [0, 0.05) is 6.61 Å². The molecule has 1 fully saturated rings. The summed E-state index contributed by atoms with van der Waals surface area (Å²) in [6.07, 6.45) is -0.0421. The summed E-state index contributed by atoms with van der Waals surface area (Å²) in [7, 11) is -3.75. The van der Waals surface area contributed by atoms with Crippen molar-refractivity contribution in [2.75, 3.05) is 19.8 Å². The lowest BCUT2D eigenvalue weighted by molar-refractivity contribution is -0.00727. The molecule has 1 aliphatic heterocycles. The normalized spacial score (nSPS) is 23.7. The first-order valence-corrected chi connectivity index (χ1v) is 8.08. The van der Waals surface area contributed by atoms with Crippen LogP contribution in [0.5, 0.6) is 0 Å². The van der Waals surface area contributed by atoms with Gasteiger partial charge < -0.3 is 4.74 Å². The zero-order chi connectivity index (χ0) is 14.6. The van der Waals surface area contributed by atoms with Crippen molar-refractivity contribution in [3.05, 3.63) is 29.8 Å². The Labute approximate surface area is 119 Å². The molecule has 2 rings (SSSR count). The minimum atomic E-state index is -3.75. The Kier molecular flexibility index (Phi) is 5.12. The van der Waals surface area contributed by atoms with Crippen molar-refractivity contribution in [1.29, 1.82) is 0 Å². The third kappa shape index (κ3) is 4.01. The van der Waals surface area contributed by atoms with Crippen molar-refractivity contribution in [3.63, 3.8) is 0 Å². The molecule has 1 heterocycles. The predicted octanol–water partition coefficient (Wildman–Crippen LogP) is 2.47. The van der Waals surface area contributed by atoms with E-state index in [0.29, 0.717) is 19.4 Å². The molecule has 1 aromatic rings. The Bertz CT molecular complexity index is 527. The molecule has 0 radical (unpaired) electrons. The van der Waals surface area contributed by atoms with Gasteiger partial charge in [-0.05, 0) is 37.8 Å². The van der Waals surface area contributed by atoms with Gasteiger partial charge in [-0.15, -0.1) is 0 Å². The summed E-state index contributed by atoms with van der Waals surface area (Å²) in [6.45, 7) is 2.50. The topological polar surface area (TPSA) is 52.6 Å². The fraction of sp³-hybridized carbons (Fsp3) is 0.571. The molecule has 20 heavy (non-hydrogen) atoms. The van der Waals surface area contributed by atoms with E-state index in [1.807, 2.05) is 6.92 Å². The van der Waals surface area contributed by atoms with E-state index in [1.165, 1.54) is 12.1 Å². The number of ether oxygens (including phenoxy) is 1. The molecule has 0 saturated carbocycles. The van der Waals surface area contributed by atoms with Crippen LogP contribution in [0.25, 0.3) is 0 Å². The molecule has 1 aliphatic rings. The molecule has 1 aromatic carbocycles. The maximum atomic E-state index is 13.5. The van der Waals surface area contributed by atoms with Gasteiger partial charge in [-0.25, -0.2) is 4.39 Å². The van der Waals surface area contributed by atoms with Gasteiger partial charge in [-0.1, -0.05) is 17.7 Å². The Balaban J connectivity index is 1.87. The van der Waals surface area contributed by atoms with Gasteiger partial charge in [-0.3, -0.25) is 4.18 Å². The van der Waals surface area contributed by atoms with Crippen LogP contribution in [0.2, 0.25) is 0 Å². The average Bonchev–Trinajstić information content (AvgIpc) is 2.41. The lowest BCUT2D eigenvalue weighted by Gasteiger charge is -2.25. The van der Waals surface area contributed by atoms with E-state index < -0.39 is 16.3 Å². The zero-order valence-corrected chi connectivity index (χ0v) is 12.2. The van der Waals surface area contributed by atoms with Crippen LogP contribution in [0.1, 0.15) is 18.4 Å². The van der Waals surface area contributed by atoms with Crippen molar-refractivity contribution >= 4 is 10.1 Å². The van der Waals surface area contributed by atoms with Gasteiger partial charge in [0.05, 0.1) is 18.1 Å². The third-order valence-electron chi connectivity index (χ3n) is 3.46. The highest BCUT2D eigenvalue weighted by molar-refractivity contribution is 7.86. The molecule has 4 nitrogen and oxygen atoms in total. The summed E-state index contributed by atoms with van der Waals surface area (Å²) in [5.41, 5.74) is 0.978. The number of hydrogen-bond acceptors (Lipinski definition) is 4. The first kappa shape index (κ1) is 15.4. The Morgan fingerprint density at radius 1 is 1.35 bits per heavy atom. The van der Waals surface area contributed by atoms with Gasteiger partial charge in [0.25, 0.3) is 10.1 Å². The molecule has 0 bridgehead atoms. The van der Waals surface area contributed by atoms with E-state index in [0.717, 1.165) is 5.56 Å². The van der Waals surface area contributed by atoms with Gasteiger partial charge in [0.2, 0.25) is 0 Å². The Morgan fingerprint density at radius 3 is 2.70 bits per heavy atom. The van der Waals surface area contributed by atoms with E-state index in [4.69, 9.17) is 8.92 Å². The molecule has 0 N–H and O–H groups in total. The number of aryl methyl sites for hydroxylation is 1. The molecule has 0 spiro atoms. The lowest BCUT2D eigenvalue weighted by atomic mass is 9.95. The average molecular weight is 302 g/mol. The number of halogens is 1. The zero-order valence-electron chi connectivity index (χ0n) is 11.4. The standard InChI is InChI=1S/C14H19FO4S/c1-11-2-4-13(5-3-11)20(16,17)19-9-7-12-6-8-18-10-14(12)15/h2-5,12,14H,6-10H2,1H3/t12-,14-/m0/s1. The first-order chi connectivity index (χ1) is 9.49. The second kappa shape index (κ2) is 6.65. The molecule has 2 atom stereocenters. The van der Waals surface area contributed by atoms with Gasteiger partial charge in [-0.2, -0.15) is 8.42 Å². The van der Waals surface area contributed by atoms with E-state index in [2.05, 4.69) is 0 Å². The van der Waals surface area contributed by atoms with E-state index in [1.54, 1.807) is 12.1 Å². The van der Waals surface area contributed by atoms with Crippen molar-refractivity contribution < 1.29 is 21.7 Å². The third-order valence-corrected chi connectivity index (χ3v) is 4.78. The minimum Gasteiger partial charge on any atom is -0.378 e. The van der Waals surface area contributed by atoms with E-state index >= 15 is 0 Å². The quantitative estimate of drug-likeness (QED) is 0.784. The van der Waals surface area contributed by atoms with Crippen LogP contribution in [0.3, 0.4) is 0 Å². The highest BCUT2D eigenvalue weighted by Gasteiger charge is 2.26. The minimum absolute atomic E-state index is 0.00129. The number of benzene rings is 1. The van der Waals surface area contributed by atoms with Crippen LogP contribution in [0.4, 0.5) is 4.39 Å². The monoisotopic (exact) mass is 302 g/mol. The smallest absolute Gasteiger partial charge is 0.296 e. The molecule has 6 heteroatoms. The predicted molar refractivity (Wildman–Crippen MR) is 72.8 cm³/mol. The summed E-state index contributed by atoms with van der Waals surface area (Å²) in [6, 6.07) is 6.45. The van der Waals surface area contributed by atoms with Crippen LogP contribution in [-0.4, -0.2) is 34.4 Å². The molecule has 0 aromatic heterocycles. The summed E-state index contributed by atoms with van der Waals surface area (Å²) < 4.78 is 47.3. The van der Waals surface area contributed by atoms with Gasteiger partial charge in [0.1, 0.15) is 6.17 Å². The second-order valence-corrected chi connectivity index (χ2v) is 6.63. The van der Waals surface area contributed by atoms with Crippen LogP contribution in [-0.2, 0) is 19.0 Å². The maximum absolute atomic E-state index is 13.5. The largest absolute Gasteiger partial charge is 0.378 e. The molecule has 1 saturated heterocycles. The van der Waals surface area contributed by atoms with Gasteiger partial charge in [0.15, 0.2) is 0 Å². The van der Waals surface area contributed by atoms with Crippen molar-refractivity contribution in [3.8, 4) is 0 Å². The lowest BCUT2D eigenvalue weighted by Crippen LogP contribution is -2.30. The van der Waals surface area contributed by atoms with E-state index in [-0.39, 0.29) is 24.0 Å². The number of alkyl halides is 1. The molecule has 0 unspecified atom stereocenters. The Morgan fingerprint density at radius 2 is 2.05 bits per heavy atom. The second-order valence-electron chi connectivity index (χ2n) is 5.02. The molecular weight excluding hydrogens is 283 g/mol. The van der Waals surface area contributed by atoms with Crippen molar-refractivity contribution in [2.24, 2.45) is 5.92 Å². The van der Waals surface area contributed by atoms with Crippen LogP contribution < -0.4 is 0 Å². The van der Waals surface area contributed by atoms with Crippen molar-refractivity contribution in [2.45, 2.75) is 30.8 Å². The Hall–Kier alpha value is -0.980. The van der Waals surface area contributed by atoms with Crippen LogP contribution >= 0.6 is 0 Å². The van der Waals surface area contributed by atoms with E-state index in [9.17, 15) is 12.8 Å². The highest BCUT2D eigenvalue weighted by Crippen LogP contribution is 2.23. The first-order valence-electron chi connectivity index (χ1n) is 6.67. The number of rotatable bonds is 5. The summed E-state index contributed by atoms with van der Waals surface area (Å²) >= 11 is 0. The van der Waals surface area contributed by atoms with Crippen molar-refractivity contribution in [1.82, 2.24) is 0 Å². The molecule has 0 amide bonds. The van der Waals surface area contributed by atoms with Crippen LogP contribution in [0.15, 0.2) is 29.2 Å². The maximum Gasteiger partial charge on any atom is 0.296 e. The fourth-order valence-corrected chi connectivity index (χ4v) is 3.08. The SMILES string of the molecule is Cc1ccc(S(=O)(=O)OCC[C@@H]2CCOC[C@@H]2F)cc1. The fourth-order valence-electron chi connectivity index (χ4n) is 2.15. The highest BCUT2D eigenvalue weighted by atomic mass is 32.2. The summed E-state index contributed by atoms with van der Waals surface area (Å²) in [5, 5.41) is 0. The molecule has 112 valence electrons. The summed E-state index contributed by atoms with van der Waals surface area (Å²) in [4.78, 5) is 0.131. The number of hydrogen-bond donors (Lipinski definition) is 0. The summed E-state index contributed by atoms with van der Waals surface area (Å²) in [5.74, 6) is -0.183. The van der Waals surface area contributed by atoms with Crippen LogP contribution in [0, 0.1) is 12.8 Å².